The highest BCUT2D eigenvalue weighted by molar-refractivity contribution is 5.71. The zero-order chi connectivity index (χ0) is 77.4. The van der Waals surface area contributed by atoms with Gasteiger partial charge in [0.15, 0.2) is 6.10 Å². The van der Waals surface area contributed by atoms with E-state index in [1.807, 2.05) is 21.1 Å². The number of nitrogens with zero attached hydrogens (tertiary/aromatic N) is 1. The molecule has 2 unspecified atom stereocenters. The minimum absolute atomic E-state index is 0.180. The van der Waals surface area contributed by atoms with Crippen molar-refractivity contribution in [1.82, 2.24) is 0 Å². The number of ether oxygens (including phenoxy) is 4. The summed E-state index contributed by atoms with van der Waals surface area (Å²) in [6, 6.07) is 0. The first-order chi connectivity index (χ1) is 52.6. The molecule has 9 nitrogen and oxygen atoms in total. The number of aliphatic carboxylic acids is 1. The summed E-state index contributed by atoms with van der Waals surface area (Å²) in [6.45, 7) is 4.65. The summed E-state index contributed by atoms with van der Waals surface area (Å²) in [7, 11) is 5.98. The van der Waals surface area contributed by atoms with Gasteiger partial charge in [0.25, 0.3) is 6.29 Å². The molecule has 0 fully saturated rings. The first-order valence-corrected chi connectivity index (χ1v) is 43.2. The standard InChI is InChI=1S/C98H159NO8/c1-6-8-10-12-14-16-18-20-22-24-26-28-30-32-34-36-38-40-42-44-46-48-50-52-54-56-58-60-62-64-66-68-70-72-74-76-78-80-82-84-86-88-95(100)105-92-94(93-106-98(97(102)103)104-91-90-99(3,4)5)107-96(101)89-87-85-83-81-79-77-75-73-71-69-67-65-63-61-59-57-55-53-51-49-47-45-43-41-39-37-35-33-31-29-27-25-23-21-19-17-15-13-11-9-7-2/h8-11,14-17,20-23,26-29,32-35,38-41,44-47,50-53,57,59,94,98H,6-7,12-13,18-19,24-25,30-31,36-37,42-43,48-49,54-56,58,60-93H2,1-5H3/p+1/b10-8-,11-9-,16-14-,17-15-,22-20-,23-21-,28-26-,29-27-,34-32-,35-33-,40-38-,41-39-,46-44-,47-45-,52-50-,53-51-,59-57-. The number of quaternary nitrogens is 1. The molecule has 107 heavy (non-hydrogen) atoms. The second-order valence-corrected chi connectivity index (χ2v) is 29.4. The number of carboxylic acids is 1. The minimum atomic E-state index is -1.52. The summed E-state index contributed by atoms with van der Waals surface area (Å²) in [5.74, 6) is -2.01. The fraction of sp³-hybridized carbons (Fsp3) is 0.622. The Labute approximate surface area is 658 Å². The van der Waals surface area contributed by atoms with E-state index in [1.54, 1.807) is 0 Å². The maximum Gasteiger partial charge on any atom is 0.361 e. The van der Waals surface area contributed by atoms with Gasteiger partial charge in [-0.15, -0.1) is 0 Å². The van der Waals surface area contributed by atoms with Crippen LogP contribution in [0.25, 0.3) is 0 Å². The molecule has 0 saturated carbocycles. The van der Waals surface area contributed by atoms with Gasteiger partial charge in [0.05, 0.1) is 34.4 Å². The fourth-order valence-corrected chi connectivity index (χ4v) is 11.6. The third kappa shape index (κ3) is 87.0. The Kier molecular flexibility index (Phi) is 80.6. The van der Waals surface area contributed by atoms with Crippen LogP contribution in [-0.4, -0.2) is 87.4 Å². The van der Waals surface area contributed by atoms with Crippen LogP contribution in [0.4, 0.5) is 0 Å². The first-order valence-electron chi connectivity index (χ1n) is 43.2. The van der Waals surface area contributed by atoms with E-state index in [9.17, 15) is 19.5 Å². The number of likely N-dealkylation sites (N-methyl/N-ethyl adjacent to an activating group) is 1. The third-order valence-electron chi connectivity index (χ3n) is 18.0. The molecule has 0 aliphatic rings. The Morgan fingerprint density at radius 3 is 0.748 bits per heavy atom. The van der Waals surface area contributed by atoms with E-state index in [1.165, 1.54) is 154 Å². The summed E-state index contributed by atoms with van der Waals surface area (Å²) in [6.07, 6.45) is 130. The number of unbranched alkanes of at least 4 members (excludes halogenated alkanes) is 29. The number of esters is 2. The number of allylic oxidation sites excluding steroid dienone is 34. The predicted molar refractivity (Wildman–Crippen MR) is 465 cm³/mol. The van der Waals surface area contributed by atoms with Crippen LogP contribution in [0.2, 0.25) is 0 Å². The minimum Gasteiger partial charge on any atom is -0.477 e. The molecule has 1 N–H and O–H groups in total. The second-order valence-electron chi connectivity index (χ2n) is 29.4. The molecule has 0 aromatic rings. The number of hydrogen-bond acceptors (Lipinski definition) is 7. The Hall–Kier alpha value is -6.13. The molecule has 0 heterocycles. The van der Waals surface area contributed by atoms with Crippen LogP contribution >= 0.6 is 0 Å². The molecule has 0 aliphatic carbocycles. The zero-order valence-electron chi connectivity index (χ0n) is 69.2. The molecule has 0 aliphatic heterocycles. The Morgan fingerprint density at radius 1 is 0.280 bits per heavy atom. The number of hydrogen-bond donors (Lipinski definition) is 1. The van der Waals surface area contributed by atoms with Crippen LogP contribution in [0.5, 0.6) is 0 Å². The van der Waals surface area contributed by atoms with Gasteiger partial charge in [-0.25, -0.2) is 4.79 Å². The van der Waals surface area contributed by atoms with Gasteiger partial charge in [-0.1, -0.05) is 381 Å². The molecular formula is C98H160NO8+. The molecule has 0 aromatic heterocycles. The average molecular weight is 1480 g/mol. The van der Waals surface area contributed by atoms with Crippen LogP contribution in [0.3, 0.4) is 0 Å². The van der Waals surface area contributed by atoms with E-state index in [-0.39, 0.29) is 32.2 Å². The summed E-state index contributed by atoms with van der Waals surface area (Å²) < 4.78 is 23.1. The van der Waals surface area contributed by atoms with Crippen molar-refractivity contribution in [2.24, 2.45) is 0 Å². The topological polar surface area (TPSA) is 108 Å². The van der Waals surface area contributed by atoms with Gasteiger partial charge in [0, 0.05) is 12.8 Å². The molecule has 0 amide bonds. The largest absolute Gasteiger partial charge is 0.477 e. The number of rotatable bonds is 78. The molecule has 0 bridgehead atoms. The van der Waals surface area contributed by atoms with Crippen molar-refractivity contribution in [1.29, 1.82) is 0 Å². The van der Waals surface area contributed by atoms with E-state index in [0.717, 1.165) is 148 Å². The quantitative estimate of drug-likeness (QED) is 0.0211. The molecule has 0 radical (unpaired) electrons. The van der Waals surface area contributed by atoms with Gasteiger partial charge >= 0.3 is 17.9 Å². The lowest BCUT2D eigenvalue weighted by Crippen LogP contribution is -2.40. The third-order valence-corrected chi connectivity index (χ3v) is 18.0. The van der Waals surface area contributed by atoms with Crippen molar-refractivity contribution in [3.05, 3.63) is 207 Å². The lowest BCUT2D eigenvalue weighted by Gasteiger charge is -2.25. The van der Waals surface area contributed by atoms with Crippen molar-refractivity contribution in [2.75, 3.05) is 47.5 Å². The highest BCUT2D eigenvalue weighted by Crippen LogP contribution is 2.18. The molecule has 0 spiro atoms. The number of carbonyl (C=O) groups excluding carboxylic acids is 2. The second kappa shape index (κ2) is 85.5. The molecular weight excluding hydrogens is 1320 g/mol. The van der Waals surface area contributed by atoms with Gasteiger partial charge in [-0.2, -0.15) is 0 Å². The maximum atomic E-state index is 13.0. The highest BCUT2D eigenvalue weighted by Gasteiger charge is 2.25. The van der Waals surface area contributed by atoms with Crippen molar-refractivity contribution in [2.45, 2.75) is 347 Å². The Bertz CT molecular complexity index is 2530. The lowest BCUT2D eigenvalue weighted by molar-refractivity contribution is -0.870. The van der Waals surface area contributed by atoms with Gasteiger partial charge in [-0.3, -0.25) is 9.59 Å². The zero-order valence-corrected chi connectivity index (χ0v) is 69.2. The molecule has 9 heteroatoms. The van der Waals surface area contributed by atoms with E-state index in [4.69, 9.17) is 18.9 Å². The smallest absolute Gasteiger partial charge is 0.361 e. The SMILES string of the molecule is CC/C=C\C/C=C\C/C=C\C/C=C\C/C=C\C/C=C\C/C=C\C/C=C\C/C=C\CCCCCCCCCCCCCCCC(=O)OC(COC(=O)CCCCCCCCCCCCCCCCCC/C=C\C/C=C\C/C=C\C/C=C\C/C=C\C/C=C\C/C=C\C/C=C\CC)COC(OCC[N+](C)(C)C)C(=O)O. The number of carboxylic acid groups (broad SMARTS) is 1. The lowest BCUT2D eigenvalue weighted by atomic mass is 10.0. The van der Waals surface area contributed by atoms with Crippen molar-refractivity contribution in [3.8, 4) is 0 Å². The highest BCUT2D eigenvalue weighted by atomic mass is 16.7. The molecule has 0 aromatic carbocycles. The normalized spacial score (nSPS) is 13.7. The molecule has 604 valence electrons. The van der Waals surface area contributed by atoms with E-state index >= 15 is 0 Å². The molecule has 2 atom stereocenters. The predicted octanol–water partition coefficient (Wildman–Crippen LogP) is 28.6. The van der Waals surface area contributed by atoms with E-state index < -0.39 is 24.3 Å². The van der Waals surface area contributed by atoms with E-state index in [2.05, 4.69) is 220 Å². The number of carbonyl (C=O) groups is 3. The Morgan fingerprint density at radius 2 is 0.505 bits per heavy atom. The van der Waals surface area contributed by atoms with Crippen LogP contribution in [-0.2, 0) is 33.3 Å². The summed E-state index contributed by atoms with van der Waals surface area (Å²) in [5.41, 5.74) is 0. The fourth-order valence-electron chi connectivity index (χ4n) is 11.6. The van der Waals surface area contributed by atoms with E-state index in [0.29, 0.717) is 23.9 Å². The van der Waals surface area contributed by atoms with Crippen molar-refractivity contribution < 1.29 is 42.9 Å². The van der Waals surface area contributed by atoms with Gasteiger partial charge in [0.1, 0.15) is 13.2 Å². The first kappa shape index (κ1) is 101. The van der Waals surface area contributed by atoms with Gasteiger partial charge < -0.3 is 28.5 Å². The molecule has 0 rings (SSSR count). The van der Waals surface area contributed by atoms with Gasteiger partial charge in [-0.05, 0) is 148 Å². The Balaban J connectivity index is 4.05. The van der Waals surface area contributed by atoms with Crippen LogP contribution in [0.15, 0.2) is 207 Å². The van der Waals surface area contributed by atoms with Crippen LogP contribution < -0.4 is 0 Å². The summed E-state index contributed by atoms with van der Waals surface area (Å²) >= 11 is 0. The van der Waals surface area contributed by atoms with Crippen molar-refractivity contribution in [3.63, 3.8) is 0 Å². The molecule has 0 saturated heterocycles. The summed E-state index contributed by atoms with van der Waals surface area (Å²) in [5, 5.41) is 9.79. The maximum absolute atomic E-state index is 13.0. The summed E-state index contributed by atoms with van der Waals surface area (Å²) in [4.78, 5) is 37.8. The van der Waals surface area contributed by atoms with Gasteiger partial charge in [0.2, 0.25) is 0 Å². The monoisotopic (exact) mass is 1480 g/mol. The average Bonchev–Trinajstić information content (AvgIpc) is 0.965. The van der Waals surface area contributed by atoms with Crippen molar-refractivity contribution >= 4 is 17.9 Å². The van der Waals surface area contributed by atoms with Crippen LogP contribution in [0, 0.1) is 0 Å². The van der Waals surface area contributed by atoms with Crippen LogP contribution in [0.1, 0.15) is 335 Å².